The zero-order valence-electron chi connectivity index (χ0n) is 20.4. The smallest absolute Gasteiger partial charge is 0.0736 e. The van der Waals surface area contributed by atoms with Gasteiger partial charge >= 0.3 is 0 Å². The molecule has 2 aliphatic heterocycles. The van der Waals surface area contributed by atoms with E-state index in [1.54, 1.807) is 0 Å². The van der Waals surface area contributed by atoms with Crippen molar-refractivity contribution < 1.29 is 0 Å². The molecule has 4 N–H and O–H groups in total. The van der Waals surface area contributed by atoms with Crippen LogP contribution in [0.25, 0.3) is 57.5 Å². The summed E-state index contributed by atoms with van der Waals surface area (Å²) in [6, 6.07) is 20.6. The van der Waals surface area contributed by atoms with E-state index in [9.17, 15) is 0 Å². The number of anilines is 1. The van der Waals surface area contributed by atoms with Crippen LogP contribution >= 0.6 is 0 Å². The minimum Gasteiger partial charge on any atom is -0.399 e. The van der Waals surface area contributed by atoms with Crippen molar-refractivity contribution in [3.05, 3.63) is 89.0 Å². The third-order valence-electron chi connectivity index (χ3n) is 6.74. The molecule has 0 aliphatic carbocycles. The van der Waals surface area contributed by atoms with Crippen molar-refractivity contribution in [2.45, 2.75) is 32.6 Å². The van der Waals surface area contributed by atoms with Crippen LogP contribution in [0.5, 0.6) is 0 Å². The molecule has 2 aliphatic rings. The Balaban J connectivity index is 1.64. The van der Waals surface area contributed by atoms with Crippen molar-refractivity contribution in [2.24, 2.45) is 0 Å². The highest BCUT2D eigenvalue weighted by Gasteiger charge is 2.12. The van der Waals surface area contributed by atoms with E-state index < -0.39 is 0 Å². The summed E-state index contributed by atoms with van der Waals surface area (Å²) >= 11 is 0. The summed E-state index contributed by atoms with van der Waals surface area (Å²) in [6.45, 7) is 2.24. The zero-order valence-corrected chi connectivity index (χ0v) is 20.4. The number of aryl methyl sites for hydroxylation is 1. The van der Waals surface area contributed by atoms with E-state index in [0.717, 1.165) is 74.5 Å². The summed E-state index contributed by atoms with van der Waals surface area (Å²) in [5.41, 5.74) is 18.0. The molecule has 4 aromatic rings. The molecule has 0 saturated heterocycles. The van der Waals surface area contributed by atoms with Crippen LogP contribution in [0.15, 0.2) is 60.7 Å². The Morgan fingerprint density at radius 3 is 2.06 bits per heavy atom. The number of hydrogen-bond donors (Lipinski definition) is 3. The SMILES string of the molecule is CCCCCc1c2nc(cc3ccc([nH]3)c(-c3ccc(N)cc3)c3nc(cc4ccc1[nH]4)C=C3)C=C2. The largest absolute Gasteiger partial charge is 0.399 e. The van der Waals surface area contributed by atoms with E-state index in [4.69, 9.17) is 15.7 Å². The number of fused-ring (bicyclic) bond motifs is 8. The number of hydrogen-bond acceptors (Lipinski definition) is 3. The van der Waals surface area contributed by atoms with Crippen molar-refractivity contribution in [1.29, 1.82) is 0 Å². The van der Waals surface area contributed by atoms with Crippen LogP contribution in [0.1, 0.15) is 54.5 Å². The first-order chi connectivity index (χ1) is 17.7. The lowest BCUT2D eigenvalue weighted by Crippen LogP contribution is -1.91. The van der Waals surface area contributed by atoms with E-state index in [-0.39, 0.29) is 0 Å². The van der Waals surface area contributed by atoms with Crippen LogP contribution in [0.2, 0.25) is 0 Å². The van der Waals surface area contributed by atoms with Crippen LogP contribution in [0.4, 0.5) is 5.69 Å². The second-order valence-corrected chi connectivity index (χ2v) is 9.39. The molecule has 0 saturated carbocycles. The van der Waals surface area contributed by atoms with E-state index in [0.29, 0.717) is 0 Å². The minimum absolute atomic E-state index is 0.740. The summed E-state index contributed by atoms with van der Waals surface area (Å²) in [7, 11) is 0. The van der Waals surface area contributed by atoms with Gasteiger partial charge < -0.3 is 15.7 Å². The fourth-order valence-corrected chi connectivity index (χ4v) is 4.90. The highest BCUT2D eigenvalue weighted by molar-refractivity contribution is 5.91. The van der Waals surface area contributed by atoms with Crippen LogP contribution < -0.4 is 5.73 Å². The van der Waals surface area contributed by atoms with Gasteiger partial charge in [0, 0.05) is 38.9 Å². The van der Waals surface area contributed by atoms with Gasteiger partial charge in [0.2, 0.25) is 0 Å². The number of aromatic nitrogens is 4. The fourth-order valence-electron chi connectivity index (χ4n) is 4.90. The Morgan fingerprint density at radius 2 is 1.33 bits per heavy atom. The number of nitrogens with two attached hydrogens (primary N) is 1. The van der Waals surface area contributed by atoms with Crippen molar-refractivity contribution in [3.63, 3.8) is 0 Å². The molecule has 5 nitrogen and oxygen atoms in total. The summed E-state index contributed by atoms with van der Waals surface area (Å²) < 4.78 is 0. The van der Waals surface area contributed by atoms with Gasteiger partial charge in [-0.05, 0) is 91.2 Å². The molecule has 36 heavy (non-hydrogen) atoms. The number of aromatic amines is 2. The third kappa shape index (κ3) is 4.36. The molecule has 8 bridgehead atoms. The Labute approximate surface area is 210 Å². The van der Waals surface area contributed by atoms with E-state index in [1.165, 1.54) is 18.4 Å². The number of nitrogens with one attached hydrogen (secondary N) is 2. The van der Waals surface area contributed by atoms with E-state index in [1.807, 2.05) is 24.3 Å². The number of rotatable bonds is 5. The first-order valence-corrected chi connectivity index (χ1v) is 12.6. The van der Waals surface area contributed by atoms with Crippen molar-refractivity contribution in [2.75, 3.05) is 5.73 Å². The first-order valence-electron chi connectivity index (χ1n) is 12.6. The van der Waals surface area contributed by atoms with E-state index in [2.05, 4.69) is 77.6 Å². The third-order valence-corrected chi connectivity index (χ3v) is 6.74. The zero-order chi connectivity index (χ0) is 24.5. The molecule has 3 aromatic heterocycles. The quantitative estimate of drug-likeness (QED) is 0.178. The van der Waals surface area contributed by atoms with Crippen molar-refractivity contribution >= 4 is 52.1 Å². The molecule has 5 heteroatoms. The van der Waals surface area contributed by atoms with Crippen LogP contribution in [0, 0.1) is 0 Å². The molecule has 178 valence electrons. The predicted octanol–water partition coefficient (Wildman–Crippen LogP) is 7.64. The highest BCUT2D eigenvalue weighted by atomic mass is 14.8. The number of H-pyrrole nitrogens is 2. The Morgan fingerprint density at radius 1 is 0.694 bits per heavy atom. The van der Waals surface area contributed by atoms with Gasteiger partial charge in [-0.1, -0.05) is 31.9 Å². The Kier molecular flexibility index (Phi) is 5.74. The maximum Gasteiger partial charge on any atom is 0.0736 e. The standard InChI is InChI=1S/C31H29N5/c1-2-3-4-5-26-27-14-10-22(33-27)18-24-12-16-29(35-24)31(20-6-8-21(32)9-7-20)30-17-13-25(36-30)19-23-11-15-28(26)34-23/h6-19,33,36H,2-5,32H2,1H3. The molecular weight excluding hydrogens is 442 g/mol. The van der Waals surface area contributed by atoms with Gasteiger partial charge in [-0.3, -0.25) is 0 Å². The number of unbranched alkanes of at least 4 members (excludes halogenated alkanes) is 2. The number of benzene rings is 1. The molecule has 0 spiro atoms. The van der Waals surface area contributed by atoms with Gasteiger partial charge in [-0.25, -0.2) is 9.97 Å². The lowest BCUT2D eigenvalue weighted by atomic mass is 10.0. The predicted molar refractivity (Wildman–Crippen MR) is 152 cm³/mol. The lowest BCUT2D eigenvalue weighted by Gasteiger charge is -2.04. The molecular formula is C31H29N5. The van der Waals surface area contributed by atoms with Crippen molar-refractivity contribution in [1.82, 2.24) is 19.9 Å². The van der Waals surface area contributed by atoms with Gasteiger partial charge in [-0.2, -0.15) is 0 Å². The van der Waals surface area contributed by atoms with E-state index >= 15 is 0 Å². The normalized spacial score (nSPS) is 12.4. The Hall–Kier alpha value is -4.38. The molecule has 0 unspecified atom stereocenters. The molecule has 0 fully saturated rings. The Bertz CT molecular complexity index is 1650. The summed E-state index contributed by atoms with van der Waals surface area (Å²) in [5.74, 6) is 0. The molecule has 6 rings (SSSR count). The monoisotopic (exact) mass is 471 g/mol. The lowest BCUT2D eigenvalue weighted by molar-refractivity contribution is 0.717. The van der Waals surface area contributed by atoms with Crippen molar-refractivity contribution in [3.8, 4) is 11.1 Å². The van der Waals surface area contributed by atoms with Crippen LogP contribution in [-0.4, -0.2) is 19.9 Å². The van der Waals surface area contributed by atoms with Gasteiger partial charge in [0.25, 0.3) is 0 Å². The van der Waals surface area contributed by atoms with Gasteiger partial charge in [0.1, 0.15) is 0 Å². The fraction of sp³-hybridized carbons (Fsp3) is 0.161. The average Bonchev–Trinajstić information content (AvgIpc) is 3.68. The maximum atomic E-state index is 5.97. The second-order valence-electron chi connectivity index (χ2n) is 9.39. The molecule has 0 atom stereocenters. The van der Waals surface area contributed by atoms with Gasteiger partial charge in [0.15, 0.2) is 0 Å². The number of nitrogen functional groups attached to an aromatic ring is 1. The average molecular weight is 472 g/mol. The molecule has 0 amide bonds. The molecule has 1 aromatic carbocycles. The molecule has 5 heterocycles. The second kappa shape index (κ2) is 9.34. The van der Waals surface area contributed by atoms with Crippen LogP contribution in [-0.2, 0) is 6.42 Å². The summed E-state index contributed by atoms with van der Waals surface area (Å²) in [5, 5.41) is 0. The van der Waals surface area contributed by atoms with Gasteiger partial charge in [-0.15, -0.1) is 0 Å². The topological polar surface area (TPSA) is 83.4 Å². The summed E-state index contributed by atoms with van der Waals surface area (Å²) in [6.07, 6.45) is 12.9. The number of nitrogens with zero attached hydrogens (tertiary/aromatic N) is 2. The van der Waals surface area contributed by atoms with Gasteiger partial charge in [0.05, 0.1) is 22.8 Å². The highest BCUT2D eigenvalue weighted by Crippen LogP contribution is 2.31. The minimum atomic E-state index is 0.740. The van der Waals surface area contributed by atoms with Crippen LogP contribution in [0.3, 0.4) is 0 Å². The molecule has 0 radical (unpaired) electrons. The maximum absolute atomic E-state index is 5.97. The first kappa shape index (κ1) is 22.1. The summed E-state index contributed by atoms with van der Waals surface area (Å²) in [4.78, 5) is 17.2.